The molecule has 5 nitrogen and oxygen atoms in total. The van der Waals surface area contributed by atoms with Crippen molar-refractivity contribution in [1.29, 1.82) is 0 Å². The van der Waals surface area contributed by atoms with Crippen LogP contribution in [0, 0.1) is 11.3 Å². The average molecular weight is 249 g/mol. The molecule has 0 amide bonds. The van der Waals surface area contributed by atoms with E-state index in [9.17, 15) is 0 Å². The van der Waals surface area contributed by atoms with Crippen LogP contribution >= 0.6 is 0 Å². The van der Waals surface area contributed by atoms with Gasteiger partial charge in [-0.2, -0.15) is 4.98 Å². The molecule has 1 fully saturated rings. The number of nitrogens with one attached hydrogen (secondary N) is 1. The van der Waals surface area contributed by atoms with Gasteiger partial charge in [0.1, 0.15) is 5.82 Å². The zero-order valence-corrected chi connectivity index (χ0v) is 11.5. The van der Waals surface area contributed by atoms with Gasteiger partial charge in [-0.1, -0.05) is 20.8 Å². The van der Waals surface area contributed by atoms with Gasteiger partial charge in [0.2, 0.25) is 5.95 Å². The highest BCUT2D eigenvalue weighted by atomic mass is 15.3. The molecule has 100 valence electrons. The Balaban J connectivity index is 2.01. The summed E-state index contributed by atoms with van der Waals surface area (Å²) in [6.07, 6.45) is 4.19. The van der Waals surface area contributed by atoms with Gasteiger partial charge < -0.3 is 4.90 Å². The molecule has 0 unspecified atom stereocenters. The van der Waals surface area contributed by atoms with E-state index in [0.29, 0.717) is 11.4 Å². The molecule has 1 aliphatic rings. The zero-order valence-electron chi connectivity index (χ0n) is 11.5. The van der Waals surface area contributed by atoms with Crippen LogP contribution in [0.25, 0.3) is 0 Å². The Morgan fingerprint density at radius 1 is 1.33 bits per heavy atom. The van der Waals surface area contributed by atoms with Crippen LogP contribution in [0.3, 0.4) is 0 Å². The molecule has 5 heteroatoms. The first-order valence-corrected chi connectivity index (χ1v) is 6.55. The van der Waals surface area contributed by atoms with Crippen molar-refractivity contribution in [2.75, 3.05) is 23.4 Å². The Bertz CT molecular complexity index is 391. The Labute approximate surface area is 109 Å². The number of hydrogen-bond acceptors (Lipinski definition) is 5. The summed E-state index contributed by atoms with van der Waals surface area (Å²) in [5, 5.41) is 0. The second-order valence-corrected chi connectivity index (χ2v) is 6.01. The topological polar surface area (TPSA) is 67.1 Å². The first kappa shape index (κ1) is 13.1. The van der Waals surface area contributed by atoms with Gasteiger partial charge in [0.25, 0.3) is 0 Å². The Hall–Kier alpha value is -1.36. The van der Waals surface area contributed by atoms with Gasteiger partial charge in [-0.3, -0.25) is 5.43 Å². The lowest BCUT2D eigenvalue weighted by molar-refractivity contribution is 0.198. The van der Waals surface area contributed by atoms with E-state index in [1.54, 1.807) is 6.20 Å². The van der Waals surface area contributed by atoms with E-state index in [4.69, 9.17) is 5.84 Å². The molecule has 0 bridgehead atoms. The van der Waals surface area contributed by atoms with Crippen molar-refractivity contribution in [2.24, 2.45) is 17.2 Å². The predicted molar refractivity (Wildman–Crippen MR) is 74.2 cm³/mol. The summed E-state index contributed by atoms with van der Waals surface area (Å²) in [5.41, 5.74) is 2.90. The van der Waals surface area contributed by atoms with Gasteiger partial charge in [-0.25, -0.2) is 10.8 Å². The van der Waals surface area contributed by atoms with Gasteiger partial charge in [0.05, 0.1) is 0 Å². The molecule has 18 heavy (non-hydrogen) atoms. The van der Waals surface area contributed by atoms with Gasteiger partial charge >= 0.3 is 0 Å². The summed E-state index contributed by atoms with van der Waals surface area (Å²) in [4.78, 5) is 10.7. The molecule has 0 saturated carbocycles. The van der Waals surface area contributed by atoms with Crippen LogP contribution in [-0.2, 0) is 0 Å². The monoisotopic (exact) mass is 249 g/mol. The van der Waals surface area contributed by atoms with E-state index < -0.39 is 0 Å². The van der Waals surface area contributed by atoms with Crippen LogP contribution in [0.15, 0.2) is 12.3 Å². The van der Waals surface area contributed by atoms with Crippen molar-refractivity contribution >= 4 is 11.8 Å². The number of nitrogens with zero attached hydrogens (tertiary/aromatic N) is 3. The van der Waals surface area contributed by atoms with Crippen LogP contribution in [0.2, 0.25) is 0 Å². The van der Waals surface area contributed by atoms with E-state index in [1.165, 1.54) is 12.8 Å². The summed E-state index contributed by atoms with van der Waals surface area (Å²) >= 11 is 0. The summed E-state index contributed by atoms with van der Waals surface area (Å²) in [6, 6.07) is 1.94. The van der Waals surface area contributed by atoms with Crippen molar-refractivity contribution in [1.82, 2.24) is 9.97 Å². The fourth-order valence-corrected chi connectivity index (χ4v) is 2.57. The molecular weight excluding hydrogens is 226 g/mol. The lowest BCUT2D eigenvalue weighted by Crippen LogP contribution is -2.38. The van der Waals surface area contributed by atoms with Crippen molar-refractivity contribution in [3.63, 3.8) is 0 Å². The molecular formula is C13H23N5. The molecule has 0 atom stereocenters. The number of nitrogen functional groups attached to an aromatic ring is 1. The molecule has 2 rings (SSSR count). The standard InChI is InChI=1S/C13H23N5/c1-13(2,3)10-5-8-18(9-6-10)11-4-7-15-12(16-11)17-14/h4,7,10H,5-6,8-9,14H2,1-3H3,(H,15,16,17). The highest BCUT2D eigenvalue weighted by molar-refractivity contribution is 5.42. The highest BCUT2D eigenvalue weighted by Crippen LogP contribution is 2.35. The third kappa shape index (κ3) is 2.90. The van der Waals surface area contributed by atoms with Gasteiger partial charge in [-0.05, 0) is 30.2 Å². The molecule has 0 aliphatic carbocycles. The van der Waals surface area contributed by atoms with Gasteiger partial charge in [0, 0.05) is 19.3 Å². The third-order valence-electron chi connectivity index (χ3n) is 3.81. The van der Waals surface area contributed by atoms with Crippen LogP contribution < -0.4 is 16.2 Å². The fourth-order valence-electron chi connectivity index (χ4n) is 2.57. The fraction of sp³-hybridized carbons (Fsp3) is 0.692. The Morgan fingerprint density at radius 2 is 2.00 bits per heavy atom. The number of rotatable bonds is 2. The van der Waals surface area contributed by atoms with E-state index in [0.717, 1.165) is 24.8 Å². The largest absolute Gasteiger partial charge is 0.356 e. The molecule has 2 heterocycles. The second-order valence-electron chi connectivity index (χ2n) is 6.01. The van der Waals surface area contributed by atoms with E-state index in [2.05, 4.69) is 41.1 Å². The quantitative estimate of drug-likeness (QED) is 0.620. The SMILES string of the molecule is CC(C)(C)C1CCN(c2ccnc(NN)n2)CC1. The molecule has 3 N–H and O–H groups in total. The van der Waals surface area contributed by atoms with Crippen molar-refractivity contribution in [2.45, 2.75) is 33.6 Å². The maximum absolute atomic E-state index is 5.33. The molecule has 1 saturated heterocycles. The van der Waals surface area contributed by atoms with E-state index >= 15 is 0 Å². The lowest BCUT2D eigenvalue weighted by atomic mass is 9.75. The van der Waals surface area contributed by atoms with E-state index in [1.807, 2.05) is 6.07 Å². The minimum absolute atomic E-state index is 0.405. The summed E-state index contributed by atoms with van der Waals surface area (Å²) in [7, 11) is 0. The van der Waals surface area contributed by atoms with Crippen LogP contribution in [0.1, 0.15) is 33.6 Å². The van der Waals surface area contributed by atoms with Crippen LogP contribution in [-0.4, -0.2) is 23.1 Å². The third-order valence-corrected chi connectivity index (χ3v) is 3.81. The molecule has 1 aliphatic heterocycles. The maximum Gasteiger partial charge on any atom is 0.239 e. The smallest absolute Gasteiger partial charge is 0.239 e. The van der Waals surface area contributed by atoms with Gasteiger partial charge in [0.15, 0.2) is 0 Å². The molecule has 1 aromatic rings. The maximum atomic E-state index is 5.33. The number of aromatic nitrogens is 2. The van der Waals surface area contributed by atoms with E-state index in [-0.39, 0.29) is 0 Å². The normalized spacial score (nSPS) is 17.9. The number of hydrazine groups is 1. The zero-order chi connectivity index (χ0) is 13.2. The molecule has 0 radical (unpaired) electrons. The lowest BCUT2D eigenvalue weighted by Gasteiger charge is -2.39. The van der Waals surface area contributed by atoms with Crippen molar-refractivity contribution in [3.05, 3.63) is 12.3 Å². The second kappa shape index (κ2) is 5.10. The number of nitrogens with two attached hydrogens (primary N) is 1. The van der Waals surface area contributed by atoms with Crippen molar-refractivity contribution in [3.8, 4) is 0 Å². The Morgan fingerprint density at radius 3 is 2.56 bits per heavy atom. The number of anilines is 2. The molecule has 0 spiro atoms. The Kier molecular flexibility index (Phi) is 3.71. The summed E-state index contributed by atoms with van der Waals surface area (Å²) in [5.74, 6) is 7.57. The number of piperidine rings is 1. The van der Waals surface area contributed by atoms with Crippen molar-refractivity contribution < 1.29 is 0 Å². The molecule has 1 aromatic heterocycles. The minimum atomic E-state index is 0.405. The number of hydrogen-bond donors (Lipinski definition) is 2. The van der Waals surface area contributed by atoms with Crippen LogP contribution in [0.5, 0.6) is 0 Å². The minimum Gasteiger partial charge on any atom is -0.356 e. The van der Waals surface area contributed by atoms with Gasteiger partial charge in [-0.15, -0.1) is 0 Å². The first-order valence-electron chi connectivity index (χ1n) is 6.55. The average Bonchev–Trinajstić information content (AvgIpc) is 2.38. The predicted octanol–water partition coefficient (Wildman–Crippen LogP) is 2.02. The first-order chi connectivity index (χ1) is 8.50. The highest BCUT2D eigenvalue weighted by Gasteiger charge is 2.29. The summed E-state index contributed by atoms with van der Waals surface area (Å²) in [6.45, 7) is 9.10. The summed E-state index contributed by atoms with van der Waals surface area (Å²) < 4.78 is 0. The van der Waals surface area contributed by atoms with Crippen LogP contribution in [0.4, 0.5) is 11.8 Å². The molecule has 0 aromatic carbocycles.